The van der Waals surface area contributed by atoms with Gasteiger partial charge in [-0.2, -0.15) is 5.10 Å². The third-order valence-electron chi connectivity index (χ3n) is 4.00. The molecule has 1 amide bonds. The van der Waals surface area contributed by atoms with Gasteiger partial charge in [-0.05, 0) is 31.2 Å². The van der Waals surface area contributed by atoms with E-state index in [-0.39, 0.29) is 16.4 Å². The smallest absolute Gasteiger partial charge is 0.251 e. The highest BCUT2D eigenvalue weighted by Crippen LogP contribution is 2.16. The molecule has 146 valence electrons. The number of nitrogens with one attached hydrogen (secondary N) is 2. The van der Waals surface area contributed by atoms with Crippen LogP contribution in [0.15, 0.2) is 60.1 Å². The first kappa shape index (κ1) is 19.6. The fraction of sp³-hybridized carbons (Fsp3) is 0.222. The lowest BCUT2D eigenvalue weighted by molar-refractivity contribution is 0.0950. The van der Waals surface area contributed by atoms with Crippen LogP contribution in [-0.4, -0.2) is 34.1 Å². The number of benzene rings is 1. The van der Waals surface area contributed by atoms with Gasteiger partial charge in [0.1, 0.15) is 6.33 Å². The summed E-state index contributed by atoms with van der Waals surface area (Å²) in [7, 11) is -2.04. The molecule has 3 aromatic rings. The molecule has 0 fully saturated rings. The van der Waals surface area contributed by atoms with E-state index in [1.807, 2.05) is 0 Å². The minimum Gasteiger partial charge on any atom is -0.348 e. The summed E-state index contributed by atoms with van der Waals surface area (Å²) in [5, 5.41) is 6.78. The number of aromatic nitrogens is 4. The molecule has 0 saturated heterocycles. The summed E-state index contributed by atoms with van der Waals surface area (Å²) in [5.41, 5.74) is 1.64. The lowest BCUT2D eigenvalue weighted by Crippen LogP contribution is -2.28. The fourth-order valence-corrected chi connectivity index (χ4v) is 3.83. The average molecular weight is 400 g/mol. The number of carbonyl (C=O) groups excluding carboxylic acids is 1. The van der Waals surface area contributed by atoms with Crippen molar-refractivity contribution in [2.24, 2.45) is 7.05 Å². The molecule has 0 bridgehead atoms. The zero-order valence-corrected chi connectivity index (χ0v) is 16.2. The van der Waals surface area contributed by atoms with E-state index >= 15 is 0 Å². The largest absolute Gasteiger partial charge is 0.348 e. The third-order valence-corrected chi connectivity index (χ3v) is 5.54. The van der Waals surface area contributed by atoms with Gasteiger partial charge >= 0.3 is 0 Å². The molecule has 0 unspecified atom stereocenters. The van der Waals surface area contributed by atoms with Crippen molar-refractivity contribution >= 4 is 15.9 Å². The Balaban J connectivity index is 1.71. The molecule has 10 heteroatoms. The molecular formula is C18H20N6O3S. The molecule has 0 aliphatic heterocycles. The van der Waals surface area contributed by atoms with E-state index in [1.54, 1.807) is 49.4 Å². The SMILES string of the molecule is C[C@H](NS(=O)(=O)c1cccc(C(=O)NCc2cnn(C)c2)c1)c1ccncn1. The van der Waals surface area contributed by atoms with E-state index in [4.69, 9.17) is 0 Å². The van der Waals surface area contributed by atoms with Gasteiger partial charge in [-0.3, -0.25) is 9.48 Å². The second kappa shape index (κ2) is 8.28. The summed E-state index contributed by atoms with van der Waals surface area (Å²) in [4.78, 5) is 20.2. The van der Waals surface area contributed by atoms with Gasteiger partial charge in [-0.25, -0.2) is 23.1 Å². The van der Waals surface area contributed by atoms with Crippen molar-refractivity contribution < 1.29 is 13.2 Å². The molecule has 0 spiro atoms. The Hall–Kier alpha value is -3.11. The lowest BCUT2D eigenvalue weighted by Gasteiger charge is -2.14. The topological polar surface area (TPSA) is 119 Å². The Bertz CT molecular complexity index is 1070. The van der Waals surface area contributed by atoms with Gasteiger partial charge in [0.05, 0.1) is 22.8 Å². The molecule has 0 aliphatic carbocycles. The highest BCUT2D eigenvalue weighted by molar-refractivity contribution is 7.89. The number of nitrogens with zero attached hydrogens (tertiary/aromatic N) is 4. The quantitative estimate of drug-likeness (QED) is 0.615. The molecule has 0 radical (unpaired) electrons. The van der Waals surface area contributed by atoms with Gasteiger partial charge in [-0.15, -0.1) is 0 Å². The average Bonchev–Trinajstić information content (AvgIpc) is 3.12. The fourth-order valence-electron chi connectivity index (χ4n) is 2.57. The van der Waals surface area contributed by atoms with Gasteiger partial charge in [-0.1, -0.05) is 6.07 Å². The zero-order chi connectivity index (χ0) is 20.1. The van der Waals surface area contributed by atoms with Gasteiger partial charge in [0.25, 0.3) is 5.91 Å². The number of amides is 1. The van der Waals surface area contributed by atoms with E-state index < -0.39 is 16.1 Å². The van der Waals surface area contributed by atoms with Crippen molar-refractivity contribution in [3.63, 3.8) is 0 Å². The number of hydrogen-bond acceptors (Lipinski definition) is 6. The molecule has 0 saturated carbocycles. The Morgan fingerprint density at radius 1 is 1.29 bits per heavy atom. The Morgan fingerprint density at radius 2 is 2.11 bits per heavy atom. The summed E-state index contributed by atoms with van der Waals surface area (Å²) in [6.45, 7) is 1.98. The first-order valence-electron chi connectivity index (χ1n) is 8.49. The predicted molar refractivity (Wildman–Crippen MR) is 102 cm³/mol. The maximum Gasteiger partial charge on any atom is 0.251 e. The van der Waals surface area contributed by atoms with Crippen LogP contribution in [0, 0.1) is 0 Å². The van der Waals surface area contributed by atoms with Crippen molar-refractivity contribution in [2.45, 2.75) is 24.4 Å². The van der Waals surface area contributed by atoms with Crippen LogP contribution in [0.2, 0.25) is 0 Å². The van der Waals surface area contributed by atoms with Crippen molar-refractivity contribution in [2.75, 3.05) is 0 Å². The third kappa shape index (κ3) is 4.78. The Labute approximate surface area is 162 Å². The summed E-state index contributed by atoms with van der Waals surface area (Å²) in [6, 6.07) is 6.96. The highest BCUT2D eigenvalue weighted by atomic mass is 32.2. The van der Waals surface area contributed by atoms with Crippen molar-refractivity contribution in [1.82, 2.24) is 29.8 Å². The van der Waals surface area contributed by atoms with E-state index in [1.165, 1.54) is 24.5 Å². The molecule has 28 heavy (non-hydrogen) atoms. The molecule has 2 heterocycles. The second-order valence-corrected chi connectivity index (χ2v) is 7.92. The molecule has 1 atom stereocenters. The lowest BCUT2D eigenvalue weighted by atomic mass is 10.2. The van der Waals surface area contributed by atoms with E-state index in [9.17, 15) is 13.2 Å². The number of rotatable bonds is 7. The minimum atomic E-state index is -3.83. The summed E-state index contributed by atoms with van der Waals surface area (Å²) in [5.74, 6) is -0.371. The van der Waals surface area contributed by atoms with Crippen molar-refractivity contribution in [1.29, 1.82) is 0 Å². The molecule has 2 aromatic heterocycles. The molecular weight excluding hydrogens is 380 g/mol. The van der Waals surface area contributed by atoms with Crippen molar-refractivity contribution in [3.05, 3.63) is 72.1 Å². The Morgan fingerprint density at radius 3 is 2.79 bits per heavy atom. The maximum absolute atomic E-state index is 12.7. The van der Waals surface area contributed by atoms with E-state index in [0.29, 0.717) is 12.2 Å². The molecule has 1 aromatic carbocycles. The number of carbonyl (C=O) groups is 1. The molecule has 2 N–H and O–H groups in total. The first-order valence-corrected chi connectivity index (χ1v) is 9.97. The number of sulfonamides is 1. The molecule has 9 nitrogen and oxygen atoms in total. The second-order valence-electron chi connectivity index (χ2n) is 6.21. The van der Waals surface area contributed by atoms with Crippen molar-refractivity contribution in [3.8, 4) is 0 Å². The van der Waals surface area contributed by atoms with Gasteiger partial charge in [0.15, 0.2) is 0 Å². The van der Waals surface area contributed by atoms with Gasteiger partial charge in [0, 0.05) is 37.1 Å². The standard InChI is InChI=1S/C18H20N6O3S/c1-13(17-6-7-19-12-21-17)23-28(26,27)16-5-3-4-15(8-16)18(25)20-9-14-10-22-24(2)11-14/h3-8,10-13,23H,9H2,1-2H3,(H,20,25)/t13-/m0/s1. The van der Waals surface area contributed by atoms with Crippen LogP contribution in [-0.2, 0) is 23.6 Å². The monoisotopic (exact) mass is 400 g/mol. The summed E-state index contributed by atoms with van der Waals surface area (Å²) >= 11 is 0. The van der Waals surface area contributed by atoms with Gasteiger partial charge < -0.3 is 5.32 Å². The summed E-state index contributed by atoms with van der Waals surface area (Å²) in [6.07, 6.45) is 6.34. The van der Waals surface area contributed by atoms with E-state index in [2.05, 4.69) is 25.1 Å². The predicted octanol–water partition coefficient (Wildman–Crippen LogP) is 1.18. The van der Waals surface area contributed by atoms with Crippen LogP contribution in [0.4, 0.5) is 0 Å². The van der Waals surface area contributed by atoms with Crippen LogP contribution in [0.5, 0.6) is 0 Å². The van der Waals surface area contributed by atoms with Gasteiger partial charge in [0.2, 0.25) is 10.0 Å². The first-order chi connectivity index (χ1) is 13.3. The highest BCUT2D eigenvalue weighted by Gasteiger charge is 2.20. The number of aryl methyl sites for hydroxylation is 1. The summed E-state index contributed by atoms with van der Waals surface area (Å²) < 4.78 is 29.5. The normalized spacial score (nSPS) is 12.5. The van der Waals surface area contributed by atoms with Crippen LogP contribution >= 0.6 is 0 Å². The maximum atomic E-state index is 12.7. The number of hydrogen-bond donors (Lipinski definition) is 2. The van der Waals surface area contributed by atoms with E-state index in [0.717, 1.165) is 5.56 Å². The van der Waals surface area contributed by atoms with Crippen LogP contribution < -0.4 is 10.0 Å². The van der Waals surface area contributed by atoms with Crippen LogP contribution in [0.3, 0.4) is 0 Å². The minimum absolute atomic E-state index is 0.00225. The molecule has 0 aliphatic rings. The van der Waals surface area contributed by atoms with Crippen LogP contribution in [0.25, 0.3) is 0 Å². The Kier molecular flexibility index (Phi) is 5.81. The molecule has 3 rings (SSSR count). The van der Waals surface area contributed by atoms with Crippen LogP contribution in [0.1, 0.15) is 34.6 Å². The zero-order valence-electron chi connectivity index (χ0n) is 15.4.